The summed E-state index contributed by atoms with van der Waals surface area (Å²) in [5, 5.41) is 6.66. The van der Waals surface area contributed by atoms with Crippen LogP contribution >= 0.6 is 24.0 Å². The predicted molar refractivity (Wildman–Crippen MR) is 115 cm³/mol. The van der Waals surface area contributed by atoms with Crippen molar-refractivity contribution in [3.63, 3.8) is 0 Å². The Morgan fingerprint density at radius 3 is 2.85 bits per heavy atom. The molecule has 154 valence electrons. The van der Waals surface area contributed by atoms with E-state index in [0.29, 0.717) is 25.4 Å². The first kappa shape index (κ1) is 23.7. The first-order valence-corrected chi connectivity index (χ1v) is 8.96. The third kappa shape index (κ3) is 8.04. The van der Waals surface area contributed by atoms with Crippen LogP contribution in [0.3, 0.4) is 0 Å². The molecule has 0 aliphatic carbocycles. The van der Waals surface area contributed by atoms with Crippen LogP contribution in [0.2, 0.25) is 0 Å². The lowest BCUT2D eigenvalue weighted by atomic mass is 10.2. The molecule has 27 heavy (non-hydrogen) atoms. The number of benzene rings is 1. The number of anilines is 1. The molecule has 0 aromatic heterocycles. The van der Waals surface area contributed by atoms with E-state index in [1.165, 1.54) is 0 Å². The molecule has 2 rings (SSSR count). The topological polar surface area (TPSA) is 58.1 Å². The summed E-state index contributed by atoms with van der Waals surface area (Å²) < 4.78 is 34.9. The summed E-state index contributed by atoms with van der Waals surface area (Å²) in [6.45, 7) is 2.80. The molecule has 6 nitrogen and oxygen atoms in total. The van der Waals surface area contributed by atoms with Gasteiger partial charge >= 0.3 is 6.61 Å². The molecule has 0 spiro atoms. The Bertz CT molecular complexity index is 578. The van der Waals surface area contributed by atoms with Crippen LogP contribution in [0.15, 0.2) is 29.3 Å². The number of hydrogen-bond donors (Lipinski definition) is 2. The molecule has 0 radical (unpaired) electrons. The first-order valence-electron chi connectivity index (χ1n) is 8.96. The van der Waals surface area contributed by atoms with Crippen molar-refractivity contribution >= 4 is 35.6 Å². The second-order valence-corrected chi connectivity index (χ2v) is 6.03. The predicted octanol–water partition coefficient (Wildman–Crippen LogP) is 3.08. The number of alkyl halides is 2. The number of para-hydroxylation sites is 2. The van der Waals surface area contributed by atoms with Gasteiger partial charge in [0.25, 0.3) is 0 Å². The molecular formula is C18H29F2IN4O2. The van der Waals surface area contributed by atoms with Crippen LogP contribution in [0.25, 0.3) is 0 Å². The van der Waals surface area contributed by atoms with E-state index in [9.17, 15) is 8.78 Å². The van der Waals surface area contributed by atoms with E-state index >= 15 is 0 Å². The number of hydrogen-bond acceptors (Lipinski definition) is 4. The monoisotopic (exact) mass is 498 g/mol. The van der Waals surface area contributed by atoms with Gasteiger partial charge in [0.2, 0.25) is 0 Å². The molecular weight excluding hydrogens is 469 g/mol. The minimum absolute atomic E-state index is 0. The number of nitrogens with one attached hydrogen (secondary N) is 2. The number of rotatable bonds is 9. The van der Waals surface area contributed by atoms with Gasteiger partial charge in [-0.15, -0.1) is 24.0 Å². The molecule has 1 aliphatic heterocycles. The van der Waals surface area contributed by atoms with Gasteiger partial charge in [-0.3, -0.25) is 4.99 Å². The lowest BCUT2D eigenvalue weighted by Crippen LogP contribution is -2.44. The molecule has 9 heteroatoms. The number of guanidine groups is 1. The maximum Gasteiger partial charge on any atom is 0.387 e. The van der Waals surface area contributed by atoms with Gasteiger partial charge in [0.1, 0.15) is 5.75 Å². The van der Waals surface area contributed by atoms with Crippen molar-refractivity contribution in [3.05, 3.63) is 24.3 Å². The van der Waals surface area contributed by atoms with Crippen LogP contribution in [0.4, 0.5) is 14.5 Å². The van der Waals surface area contributed by atoms with Crippen molar-refractivity contribution in [1.29, 1.82) is 0 Å². The third-order valence-electron chi connectivity index (χ3n) is 4.07. The van der Waals surface area contributed by atoms with Crippen LogP contribution in [0.1, 0.15) is 19.8 Å². The molecule has 1 heterocycles. The Morgan fingerprint density at radius 1 is 1.37 bits per heavy atom. The minimum atomic E-state index is -2.83. The quantitative estimate of drug-likeness (QED) is 0.237. The van der Waals surface area contributed by atoms with Crippen LogP contribution in [-0.2, 0) is 4.74 Å². The summed E-state index contributed by atoms with van der Waals surface area (Å²) in [6, 6.07) is 7.10. The Kier molecular flexibility index (Phi) is 11.3. The summed E-state index contributed by atoms with van der Waals surface area (Å²) >= 11 is 0. The zero-order chi connectivity index (χ0) is 18.8. The summed E-state index contributed by atoms with van der Waals surface area (Å²) in [5.41, 5.74) is 0.694. The van der Waals surface area contributed by atoms with Crippen molar-refractivity contribution in [1.82, 2.24) is 10.6 Å². The van der Waals surface area contributed by atoms with Gasteiger partial charge < -0.3 is 25.0 Å². The van der Waals surface area contributed by atoms with Gasteiger partial charge in [-0.1, -0.05) is 12.1 Å². The van der Waals surface area contributed by atoms with Gasteiger partial charge in [-0.2, -0.15) is 8.78 Å². The van der Waals surface area contributed by atoms with Crippen LogP contribution < -0.4 is 20.3 Å². The molecule has 2 N–H and O–H groups in total. The van der Waals surface area contributed by atoms with E-state index in [2.05, 4.69) is 25.3 Å². The number of halogens is 3. The highest BCUT2D eigenvalue weighted by Crippen LogP contribution is 2.31. The third-order valence-corrected chi connectivity index (χ3v) is 4.07. The van der Waals surface area contributed by atoms with Crippen molar-refractivity contribution in [2.45, 2.75) is 32.4 Å². The molecule has 1 fully saturated rings. The smallest absolute Gasteiger partial charge is 0.387 e. The SMILES string of the molecule is CCNC(=NCCCOC)NC1CCN(c2ccccc2OC(F)F)C1.I. The molecule has 1 atom stereocenters. The van der Waals surface area contributed by atoms with Crippen LogP contribution in [-0.4, -0.2) is 58.5 Å². The van der Waals surface area contributed by atoms with Gasteiger partial charge in [0.05, 0.1) is 5.69 Å². The van der Waals surface area contributed by atoms with E-state index < -0.39 is 6.61 Å². The Balaban J connectivity index is 0.00000364. The zero-order valence-corrected chi connectivity index (χ0v) is 18.1. The minimum Gasteiger partial charge on any atom is -0.433 e. The van der Waals surface area contributed by atoms with E-state index in [0.717, 1.165) is 31.9 Å². The van der Waals surface area contributed by atoms with Crippen molar-refractivity contribution in [2.24, 2.45) is 4.99 Å². The normalized spacial score (nSPS) is 17.0. The van der Waals surface area contributed by atoms with Crippen LogP contribution in [0.5, 0.6) is 5.75 Å². The van der Waals surface area contributed by atoms with Gasteiger partial charge in [0.15, 0.2) is 5.96 Å². The van der Waals surface area contributed by atoms with Gasteiger partial charge in [-0.05, 0) is 31.9 Å². The largest absolute Gasteiger partial charge is 0.433 e. The Labute approximate surface area is 176 Å². The first-order chi connectivity index (χ1) is 12.6. The van der Waals surface area contributed by atoms with Crippen LogP contribution in [0, 0.1) is 0 Å². The molecule has 1 aromatic rings. The number of methoxy groups -OCH3 is 1. The summed E-state index contributed by atoms with van der Waals surface area (Å²) in [6.07, 6.45) is 1.76. The highest BCUT2D eigenvalue weighted by molar-refractivity contribution is 14.0. The van der Waals surface area contributed by atoms with Crippen molar-refractivity contribution in [2.75, 3.05) is 44.8 Å². The fourth-order valence-electron chi connectivity index (χ4n) is 2.92. The lowest BCUT2D eigenvalue weighted by Gasteiger charge is -2.22. The maximum atomic E-state index is 12.6. The number of nitrogens with zero attached hydrogens (tertiary/aromatic N) is 2. The maximum absolute atomic E-state index is 12.6. The highest BCUT2D eigenvalue weighted by atomic mass is 127. The second-order valence-electron chi connectivity index (χ2n) is 6.03. The van der Waals surface area contributed by atoms with Gasteiger partial charge in [-0.25, -0.2) is 0 Å². The van der Waals surface area contributed by atoms with E-state index in [1.807, 2.05) is 19.1 Å². The average Bonchev–Trinajstić information content (AvgIpc) is 3.07. The second kappa shape index (κ2) is 12.9. The van der Waals surface area contributed by atoms with Gasteiger partial charge in [0, 0.05) is 45.9 Å². The highest BCUT2D eigenvalue weighted by Gasteiger charge is 2.25. The standard InChI is InChI=1S/C18H28F2N4O2.HI/c1-3-21-18(22-10-6-12-25-2)23-14-9-11-24(13-14)15-7-4-5-8-16(15)26-17(19)20;/h4-5,7-8,14,17H,3,6,9-13H2,1-2H3,(H2,21,22,23);1H. The number of ether oxygens (including phenoxy) is 2. The zero-order valence-electron chi connectivity index (χ0n) is 15.8. The molecule has 0 saturated carbocycles. The summed E-state index contributed by atoms with van der Waals surface area (Å²) in [4.78, 5) is 6.60. The fraction of sp³-hybridized carbons (Fsp3) is 0.611. The van der Waals surface area contributed by atoms with E-state index in [1.54, 1.807) is 19.2 Å². The summed E-state index contributed by atoms with van der Waals surface area (Å²) in [5.74, 6) is 0.982. The fourth-order valence-corrected chi connectivity index (χ4v) is 2.92. The molecule has 1 saturated heterocycles. The Hall–Kier alpha value is -1.36. The molecule has 1 unspecified atom stereocenters. The summed E-state index contributed by atoms with van der Waals surface area (Å²) in [7, 11) is 1.68. The molecule has 1 aromatic carbocycles. The van der Waals surface area contributed by atoms with Crippen molar-refractivity contribution < 1.29 is 18.3 Å². The lowest BCUT2D eigenvalue weighted by molar-refractivity contribution is -0.0495. The number of aliphatic imine (C=N–C) groups is 1. The molecule has 0 bridgehead atoms. The van der Waals surface area contributed by atoms with E-state index in [4.69, 9.17) is 4.74 Å². The molecule has 1 aliphatic rings. The van der Waals surface area contributed by atoms with E-state index in [-0.39, 0.29) is 35.8 Å². The molecule has 0 amide bonds. The Morgan fingerprint density at radius 2 is 2.15 bits per heavy atom. The van der Waals surface area contributed by atoms with Crippen molar-refractivity contribution in [3.8, 4) is 5.75 Å². The average molecular weight is 498 g/mol.